The van der Waals surface area contributed by atoms with Crippen LogP contribution in [0.4, 0.5) is 0 Å². The van der Waals surface area contributed by atoms with E-state index in [4.69, 9.17) is 16.3 Å². The van der Waals surface area contributed by atoms with E-state index in [9.17, 15) is 5.11 Å². The molecule has 22 heavy (non-hydrogen) atoms. The molecule has 0 aliphatic carbocycles. The minimum Gasteiger partial charge on any atom is -0.491 e. The van der Waals surface area contributed by atoms with Crippen LogP contribution in [0, 0.1) is 0 Å². The molecule has 2 rings (SSSR count). The Hall–Kier alpha value is -1.26. The van der Waals surface area contributed by atoms with Gasteiger partial charge in [-0.15, -0.1) is 12.4 Å². The number of hydrogen-bond acceptors (Lipinski definition) is 3. The SMILES string of the molecule is CC(NCC(O)COc1ccccc1)c1cccc(Cl)c1.Cl. The van der Waals surface area contributed by atoms with E-state index in [0.717, 1.165) is 11.3 Å². The summed E-state index contributed by atoms with van der Waals surface area (Å²) >= 11 is 5.97. The van der Waals surface area contributed by atoms with Crippen molar-refractivity contribution >= 4 is 24.0 Å². The van der Waals surface area contributed by atoms with Gasteiger partial charge in [0.2, 0.25) is 0 Å². The summed E-state index contributed by atoms with van der Waals surface area (Å²) in [7, 11) is 0. The van der Waals surface area contributed by atoms with Gasteiger partial charge in [-0.05, 0) is 36.8 Å². The van der Waals surface area contributed by atoms with Crippen molar-refractivity contribution in [1.82, 2.24) is 5.32 Å². The number of ether oxygens (including phenoxy) is 1. The van der Waals surface area contributed by atoms with Crippen molar-refractivity contribution in [2.24, 2.45) is 0 Å². The Labute approximate surface area is 142 Å². The number of aliphatic hydroxyl groups is 1. The van der Waals surface area contributed by atoms with Crippen LogP contribution in [0.5, 0.6) is 5.75 Å². The van der Waals surface area contributed by atoms with Crippen LogP contribution in [0.3, 0.4) is 0 Å². The highest BCUT2D eigenvalue weighted by molar-refractivity contribution is 6.30. The molecular weight excluding hydrogens is 321 g/mol. The first kappa shape index (κ1) is 18.8. The normalized spacial score (nSPS) is 13.0. The molecule has 0 bridgehead atoms. The molecule has 5 heteroatoms. The minimum absolute atomic E-state index is 0. The Balaban J connectivity index is 0.00000242. The third kappa shape index (κ3) is 6.24. The van der Waals surface area contributed by atoms with E-state index in [1.807, 2.05) is 61.5 Å². The minimum atomic E-state index is -0.563. The Morgan fingerprint density at radius 2 is 1.86 bits per heavy atom. The summed E-state index contributed by atoms with van der Waals surface area (Å²) in [6.45, 7) is 2.76. The fraction of sp³-hybridized carbons (Fsp3) is 0.294. The second-order valence-corrected chi connectivity index (χ2v) is 5.40. The van der Waals surface area contributed by atoms with Gasteiger partial charge in [0, 0.05) is 17.6 Å². The molecule has 120 valence electrons. The van der Waals surface area contributed by atoms with Gasteiger partial charge in [0.15, 0.2) is 0 Å². The first-order valence-corrected chi connectivity index (χ1v) is 7.37. The second-order valence-electron chi connectivity index (χ2n) is 4.96. The highest BCUT2D eigenvalue weighted by Gasteiger charge is 2.09. The Kier molecular flexibility index (Phi) is 8.28. The van der Waals surface area contributed by atoms with Crippen LogP contribution >= 0.6 is 24.0 Å². The van der Waals surface area contributed by atoms with Crippen LogP contribution in [0.25, 0.3) is 0 Å². The highest BCUT2D eigenvalue weighted by Crippen LogP contribution is 2.17. The average molecular weight is 342 g/mol. The lowest BCUT2D eigenvalue weighted by molar-refractivity contribution is 0.104. The van der Waals surface area contributed by atoms with Gasteiger partial charge in [0.1, 0.15) is 18.5 Å². The maximum Gasteiger partial charge on any atom is 0.119 e. The van der Waals surface area contributed by atoms with Crippen LogP contribution in [0.1, 0.15) is 18.5 Å². The van der Waals surface area contributed by atoms with Crippen molar-refractivity contribution in [3.63, 3.8) is 0 Å². The zero-order chi connectivity index (χ0) is 15.1. The van der Waals surface area contributed by atoms with Gasteiger partial charge in [-0.25, -0.2) is 0 Å². The molecule has 2 unspecified atom stereocenters. The van der Waals surface area contributed by atoms with E-state index in [1.165, 1.54) is 0 Å². The van der Waals surface area contributed by atoms with Crippen LogP contribution < -0.4 is 10.1 Å². The van der Waals surface area contributed by atoms with Crippen molar-refractivity contribution < 1.29 is 9.84 Å². The number of benzene rings is 2. The molecule has 0 saturated carbocycles. The molecule has 0 fully saturated rings. The molecule has 0 saturated heterocycles. The van der Waals surface area contributed by atoms with E-state index < -0.39 is 6.10 Å². The maximum absolute atomic E-state index is 9.95. The zero-order valence-corrected chi connectivity index (χ0v) is 14.0. The van der Waals surface area contributed by atoms with Crippen molar-refractivity contribution in [2.75, 3.05) is 13.2 Å². The molecule has 2 N–H and O–H groups in total. The van der Waals surface area contributed by atoms with Gasteiger partial charge in [0.05, 0.1) is 0 Å². The molecule has 3 nitrogen and oxygen atoms in total. The van der Waals surface area contributed by atoms with Crippen LogP contribution in [-0.4, -0.2) is 24.4 Å². The lowest BCUT2D eigenvalue weighted by Gasteiger charge is -2.18. The Morgan fingerprint density at radius 3 is 2.55 bits per heavy atom. The molecule has 0 spiro atoms. The number of halogens is 2. The molecule has 0 aliphatic rings. The van der Waals surface area contributed by atoms with Crippen LogP contribution in [0.15, 0.2) is 54.6 Å². The highest BCUT2D eigenvalue weighted by atomic mass is 35.5. The molecule has 0 heterocycles. The topological polar surface area (TPSA) is 41.5 Å². The van der Waals surface area contributed by atoms with E-state index in [0.29, 0.717) is 11.6 Å². The molecule has 0 aromatic heterocycles. The third-order valence-corrected chi connectivity index (χ3v) is 3.43. The second kappa shape index (κ2) is 9.70. The van der Waals surface area contributed by atoms with Crippen LogP contribution in [0.2, 0.25) is 5.02 Å². The van der Waals surface area contributed by atoms with Gasteiger partial charge in [-0.2, -0.15) is 0 Å². The third-order valence-electron chi connectivity index (χ3n) is 3.19. The quantitative estimate of drug-likeness (QED) is 0.803. The standard InChI is InChI=1S/C17H20ClNO2.ClH/c1-13(14-6-5-7-15(18)10-14)19-11-16(20)12-21-17-8-3-2-4-9-17;/h2-10,13,16,19-20H,11-12H2,1H3;1H. The molecule has 2 aromatic rings. The van der Waals surface area contributed by atoms with E-state index >= 15 is 0 Å². The molecule has 2 atom stereocenters. The predicted molar refractivity (Wildman–Crippen MR) is 93.1 cm³/mol. The van der Waals surface area contributed by atoms with E-state index in [-0.39, 0.29) is 25.1 Å². The van der Waals surface area contributed by atoms with Crippen molar-refractivity contribution in [3.8, 4) is 5.75 Å². The molecule has 0 radical (unpaired) electrons. The fourth-order valence-electron chi connectivity index (χ4n) is 1.97. The largest absolute Gasteiger partial charge is 0.491 e. The predicted octanol–water partition coefficient (Wildman–Crippen LogP) is 3.85. The first-order chi connectivity index (χ1) is 10.1. The number of para-hydroxylation sites is 1. The lowest BCUT2D eigenvalue weighted by atomic mass is 10.1. The molecule has 0 aliphatic heterocycles. The van der Waals surface area contributed by atoms with Gasteiger partial charge in [-0.1, -0.05) is 41.9 Å². The number of hydrogen-bond donors (Lipinski definition) is 2. The summed E-state index contributed by atoms with van der Waals surface area (Å²) < 4.78 is 5.51. The van der Waals surface area contributed by atoms with E-state index in [1.54, 1.807) is 0 Å². The van der Waals surface area contributed by atoms with Crippen LogP contribution in [-0.2, 0) is 0 Å². The van der Waals surface area contributed by atoms with Crippen molar-refractivity contribution in [2.45, 2.75) is 19.1 Å². The summed E-state index contributed by atoms with van der Waals surface area (Å²) in [5.41, 5.74) is 1.10. The monoisotopic (exact) mass is 341 g/mol. The summed E-state index contributed by atoms with van der Waals surface area (Å²) in [6.07, 6.45) is -0.563. The summed E-state index contributed by atoms with van der Waals surface area (Å²) in [4.78, 5) is 0. The average Bonchev–Trinajstić information content (AvgIpc) is 2.51. The Morgan fingerprint density at radius 1 is 1.14 bits per heavy atom. The first-order valence-electron chi connectivity index (χ1n) is 7.00. The summed E-state index contributed by atoms with van der Waals surface area (Å²) in [5.74, 6) is 0.763. The molecule has 0 amide bonds. The summed E-state index contributed by atoms with van der Waals surface area (Å²) in [6, 6.07) is 17.3. The molecular formula is C17H21Cl2NO2. The van der Waals surface area contributed by atoms with Gasteiger partial charge < -0.3 is 15.2 Å². The number of aliphatic hydroxyl groups excluding tert-OH is 1. The maximum atomic E-state index is 9.95. The van der Waals surface area contributed by atoms with Gasteiger partial charge >= 0.3 is 0 Å². The van der Waals surface area contributed by atoms with E-state index in [2.05, 4.69) is 5.32 Å². The van der Waals surface area contributed by atoms with Gasteiger partial charge in [0.25, 0.3) is 0 Å². The van der Waals surface area contributed by atoms with Crippen molar-refractivity contribution in [3.05, 3.63) is 65.2 Å². The zero-order valence-electron chi connectivity index (χ0n) is 12.4. The lowest BCUT2D eigenvalue weighted by Crippen LogP contribution is -2.33. The smallest absolute Gasteiger partial charge is 0.119 e. The fourth-order valence-corrected chi connectivity index (χ4v) is 2.17. The number of rotatable bonds is 7. The molecule has 2 aromatic carbocycles. The van der Waals surface area contributed by atoms with Crippen molar-refractivity contribution in [1.29, 1.82) is 0 Å². The van der Waals surface area contributed by atoms with Gasteiger partial charge in [-0.3, -0.25) is 0 Å². The Bertz CT molecular complexity index is 551. The summed E-state index contributed by atoms with van der Waals surface area (Å²) in [5, 5.41) is 13.9. The number of nitrogens with one attached hydrogen (secondary N) is 1.